The number of hydrogen-bond donors (Lipinski definition) is 2. The third kappa shape index (κ3) is 1.97. The van der Waals surface area contributed by atoms with Crippen LogP contribution in [0.15, 0.2) is 30.5 Å². The van der Waals surface area contributed by atoms with E-state index in [0.717, 1.165) is 28.1 Å². The van der Waals surface area contributed by atoms with Crippen molar-refractivity contribution in [2.24, 2.45) is 0 Å². The van der Waals surface area contributed by atoms with Crippen molar-refractivity contribution in [2.75, 3.05) is 0 Å². The van der Waals surface area contributed by atoms with Crippen molar-refractivity contribution < 1.29 is 19.8 Å². The quantitative estimate of drug-likeness (QED) is 0.774. The second-order valence-corrected chi connectivity index (χ2v) is 6.02. The molecule has 0 aliphatic carbocycles. The number of carbonyl (C=O) groups is 2. The second-order valence-electron chi connectivity index (χ2n) is 3.94. The van der Waals surface area contributed by atoms with Crippen LogP contribution in [0.4, 0.5) is 0 Å². The Kier molecular flexibility index (Phi) is 3.00. The summed E-state index contributed by atoms with van der Waals surface area (Å²) < 4.78 is 0. The number of rotatable bonds is 3. The van der Waals surface area contributed by atoms with E-state index in [4.69, 9.17) is 5.11 Å². The summed E-state index contributed by atoms with van der Waals surface area (Å²) in [7, 11) is 0. The number of thiophene rings is 2. The van der Waals surface area contributed by atoms with Crippen molar-refractivity contribution >= 4 is 44.8 Å². The van der Waals surface area contributed by atoms with Gasteiger partial charge >= 0.3 is 11.9 Å². The largest absolute Gasteiger partial charge is 0.477 e. The maximum absolute atomic E-state index is 11.4. The SMILES string of the molecule is O=C(O)c1ccc(-c2c(C(=O)O)sc3ncccc23)s1. The van der Waals surface area contributed by atoms with Crippen molar-refractivity contribution in [3.05, 3.63) is 40.2 Å². The molecule has 0 radical (unpaired) electrons. The normalized spacial score (nSPS) is 10.8. The highest BCUT2D eigenvalue weighted by Gasteiger charge is 2.21. The summed E-state index contributed by atoms with van der Waals surface area (Å²) >= 11 is 2.15. The van der Waals surface area contributed by atoms with E-state index < -0.39 is 11.9 Å². The van der Waals surface area contributed by atoms with E-state index in [2.05, 4.69) is 4.98 Å². The van der Waals surface area contributed by atoms with E-state index in [9.17, 15) is 14.7 Å². The minimum absolute atomic E-state index is 0.178. The van der Waals surface area contributed by atoms with E-state index in [-0.39, 0.29) is 9.75 Å². The molecule has 5 nitrogen and oxygen atoms in total. The molecule has 0 fully saturated rings. The molecule has 20 heavy (non-hydrogen) atoms. The van der Waals surface area contributed by atoms with Gasteiger partial charge in [0.05, 0.1) is 0 Å². The van der Waals surface area contributed by atoms with Gasteiger partial charge in [0.2, 0.25) is 0 Å². The molecule has 3 aromatic heterocycles. The van der Waals surface area contributed by atoms with Crippen molar-refractivity contribution in [3.63, 3.8) is 0 Å². The molecule has 0 spiro atoms. The van der Waals surface area contributed by atoms with Gasteiger partial charge in [0.25, 0.3) is 0 Å². The highest BCUT2D eigenvalue weighted by atomic mass is 32.1. The first kappa shape index (κ1) is 12.8. The van der Waals surface area contributed by atoms with Crippen LogP contribution in [-0.4, -0.2) is 27.1 Å². The second kappa shape index (κ2) is 4.69. The smallest absolute Gasteiger partial charge is 0.346 e. The van der Waals surface area contributed by atoms with Gasteiger partial charge in [0.15, 0.2) is 0 Å². The predicted octanol–water partition coefficient (Wildman–Crippen LogP) is 3.42. The Labute approximate surface area is 120 Å². The zero-order valence-corrected chi connectivity index (χ0v) is 11.5. The van der Waals surface area contributed by atoms with Crippen molar-refractivity contribution in [1.82, 2.24) is 4.98 Å². The number of pyridine rings is 1. The van der Waals surface area contributed by atoms with E-state index in [1.54, 1.807) is 24.4 Å². The van der Waals surface area contributed by atoms with Crippen LogP contribution in [-0.2, 0) is 0 Å². The number of aromatic carboxylic acids is 2. The molecule has 0 saturated carbocycles. The van der Waals surface area contributed by atoms with Gasteiger partial charge in [-0.3, -0.25) is 0 Å². The highest BCUT2D eigenvalue weighted by Crippen LogP contribution is 2.40. The number of aromatic nitrogens is 1. The summed E-state index contributed by atoms with van der Waals surface area (Å²) in [5, 5.41) is 19.0. The Hall–Kier alpha value is -2.25. The first-order valence-corrected chi connectivity index (χ1v) is 7.15. The van der Waals surface area contributed by atoms with Gasteiger partial charge < -0.3 is 10.2 Å². The number of fused-ring (bicyclic) bond motifs is 1. The lowest BCUT2D eigenvalue weighted by Crippen LogP contribution is -1.93. The van der Waals surface area contributed by atoms with Gasteiger partial charge in [0.1, 0.15) is 14.6 Å². The van der Waals surface area contributed by atoms with Crippen molar-refractivity contribution in [3.8, 4) is 10.4 Å². The highest BCUT2D eigenvalue weighted by molar-refractivity contribution is 7.22. The predicted molar refractivity (Wildman–Crippen MR) is 76.9 cm³/mol. The third-order valence-corrected chi connectivity index (χ3v) is 4.92. The summed E-state index contributed by atoms with van der Waals surface area (Å²) in [5.74, 6) is -2.05. The molecule has 0 unspecified atom stereocenters. The average molecular weight is 305 g/mol. The summed E-state index contributed by atoms with van der Waals surface area (Å²) in [5.41, 5.74) is 0.545. The Morgan fingerprint density at radius 3 is 2.50 bits per heavy atom. The Morgan fingerprint density at radius 1 is 1.05 bits per heavy atom. The fraction of sp³-hybridized carbons (Fsp3) is 0. The van der Waals surface area contributed by atoms with E-state index in [1.165, 1.54) is 6.07 Å². The fourth-order valence-corrected chi connectivity index (χ4v) is 3.89. The number of carboxylic acids is 2. The van der Waals surface area contributed by atoms with E-state index in [0.29, 0.717) is 15.3 Å². The Balaban J connectivity index is 2.29. The fourth-order valence-electron chi connectivity index (χ4n) is 1.91. The van der Waals surface area contributed by atoms with Crippen LogP contribution in [0.1, 0.15) is 19.3 Å². The van der Waals surface area contributed by atoms with Gasteiger partial charge in [-0.15, -0.1) is 22.7 Å². The molecular formula is C13H7NO4S2. The minimum atomic E-state index is -1.03. The lowest BCUT2D eigenvalue weighted by molar-refractivity contribution is 0.0691. The van der Waals surface area contributed by atoms with Crippen LogP contribution in [0.5, 0.6) is 0 Å². The maximum Gasteiger partial charge on any atom is 0.346 e. The molecule has 0 aliphatic heterocycles. The molecule has 2 N–H and O–H groups in total. The molecule has 0 atom stereocenters. The summed E-state index contributed by atoms with van der Waals surface area (Å²) in [6.07, 6.45) is 1.60. The minimum Gasteiger partial charge on any atom is -0.477 e. The van der Waals surface area contributed by atoms with E-state index in [1.807, 2.05) is 0 Å². The van der Waals surface area contributed by atoms with Crippen molar-refractivity contribution in [2.45, 2.75) is 0 Å². The van der Waals surface area contributed by atoms with Crippen LogP contribution >= 0.6 is 22.7 Å². The van der Waals surface area contributed by atoms with Crippen LogP contribution in [0.2, 0.25) is 0 Å². The van der Waals surface area contributed by atoms with Gasteiger partial charge in [-0.25, -0.2) is 14.6 Å². The molecule has 0 aliphatic rings. The Bertz CT molecular complexity index is 834. The van der Waals surface area contributed by atoms with Crippen LogP contribution in [0.3, 0.4) is 0 Å². The molecule has 0 bridgehead atoms. The molecule has 3 rings (SSSR count). The monoisotopic (exact) mass is 305 g/mol. The lowest BCUT2D eigenvalue weighted by atomic mass is 10.1. The number of hydrogen-bond acceptors (Lipinski definition) is 5. The van der Waals surface area contributed by atoms with Crippen LogP contribution in [0.25, 0.3) is 20.7 Å². The average Bonchev–Trinajstić information content (AvgIpc) is 3.02. The Morgan fingerprint density at radius 2 is 1.85 bits per heavy atom. The first-order chi connectivity index (χ1) is 9.58. The molecule has 3 heterocycles. The number of carboxylic acid groups (broad SMARTS) is 2. The summed E-state index contributed by atoms with van der Waals surface area (Å²) in [6.45, 7) is 0. The molecule has 0 amide bonds. The zero-order chi connectivity index (χ0) is 14.3. The van der Waals surface area contributed by atoms with E-state index >= 15 is 0 Å². The number of nitrogens with zero attached hydrogens (tertiary/aromatic N) is 1. The molecule has 3 aromatic rings. The topological polar surface area (TPSA) is 87.5 Å². The molecule has 0 aromatic carbocycles. The van der Waals surface area contributed by atoms with Gasteiger partial charge in [0, 0.05) is 22.0 Å². The molecule has 100 valence electrons. The third-order valence-electron chi connectivity index (χ3n) is 2.72. The summed E-state index contributed by atoms with van der Waals surface area (Å²) in [6, 6.07) is 6.64. The van der Waals surface area contributed by atoms with Gasteiger partial charge in [-0.1, -0.05) is 0 Å². The standard InChI is InChI=1S/C13H7NO4S2/c15-12(16)8-4-3-7(19-8)9-6-2-1-5-14-11(6)20-10(9)13(17)18/h1-5H,(H,15,16)(H,17,18). The van der Waals surface area contributed by atoms with Gasteiger partial charge in [-0.2, -0.15) is 0 Å². The van der Waals surface area contributed by atoms with Gasteiger partial charge in [-0.05, 0) is 24.3 Å². The van der Waals surface area contributed by atoms with Crippen LogP contribution < -0.4 is 0 Å². The zero-order valence-electron chi connectivity index (χ0n) is 9.86. The first-order valence-electron chi connectivity index (χ1n) is 5.52. The van der Waals surface area contributed by atoms with Crippen molar-refractivity contribution in [1.29, 1.82) is 0 Å². The van der Waals surface area contributed by atoms with Crippen LogP contribution in [0, 0.1) is 0 Å². The summed E-state index contributed by atoms with van der Waals surface area (Å²) in [4.78, 5) is 28.1. The molecular weight excluding hydrogens is 298 g/mol. The lowest BCUT2D eigenvalue weighted by Gasteiger charge is -1.97. The maximum atomic E-state index is 11.4. The molecule has 7 heteroatoms. The molecule has 0 saturated heterocycles.